The van der Waals surface area contributed by atoms with Gasteiger partial charge in [0.2, 0.25) is 0 Å². The minimum atomic E-state index is -0.396. The topological polar surface area (TPSA) is 9.23 Å². The van der Waals surface area contributed by atoms with Crippen LogP contribution in [0.4, 0.5) is 0 Å². The molecule has 10 rings (SSSR count). The third-order valence-electron chi connectivity index (χ3n) is 10.7. The number of rotatable bonds is 1. The Bertz CT molecular complexity index is 2390. The second kappa shape index (κ2) is 8.61. The average molecular weight is 575 g/mol. The Hall–Kier alpha value is -5.40. The summed E-state index contributed by atoms with van der Waals surface area (Å²) >= 11 is 0. The number of benzene rings is 7. The summed E-state index contributed by atoms with van der Waals surface area (Å²) in [6, 6.07) is 53.9. The predicted molar refractivity (Wildman–Crippen MR) is 184 cm³/mol. The zero-order chi connectivity index (χ0) is 29.9. The van der Waals surface area contributed by atoms with Crippen molar-refractivity contribution < 1.29 is 4.74 Å². The summed E-state index contributed by atoms with van der Waals surface area (Å²) in [5, 5.41) is 2.65. The van der Waals surface area contributed by atoms with E-state index in [0.717, 1.165) is 11.5 Å². The predicted octanol–water partition coefficient (Wildman–Crippen LogP) is 11.3. The molecule has 0 amide bonds. The summed E-state index contributed by atoms with van der Waals surface area (Å²) < 4.78 is 6.52. The van der Waals surface area contributed by atoms with Crippen LogP contribution in [-0.2, 0) is 10.8 Å². The second-order valence-corrected chi connectivity index (χ2v) is 13.2. The fraction of sp³-hybridized carbons (Fsp3) is 0.0909. The first-order valence-corrected chi connectivity index (χ1v) is 15.9. The van der Waals surface area contributed by atoms with E-state index in [2.05, 4.69) is 159 Å². The highest BCUT2D eigenvalue weighted by molar-refractivity contribution is 6.07. The molecule has 1 heteroatoms. The molecule has 0 bridgehead atoms. The van der Waals surface area contributed by atoms with Crippen LogP contribution in [0.3, 0.4) is 0 Å². The highest BCUT2D eigenvalue weighted by Crippen LogP contribution is 2.62. The van der Waals surface area contributed by atoms with Crippen LogP contribution in [0.5, 0.6) is 11.5 Å². The number of fused-ring (bicyclic) bond motifs is 11. The van der Waals surface area contributed by atoms with Gasteiger partial charge in [0.15, 0.2) is 0 Å². The van der Waals surface area contributed by atoms with Gasteiger partial charge in [0.25, 0.3) is 0 Å². The normalized spacial score (nSPS) is 17.6. The summed E-state index contributed by atoms with van der Waals surface area (Å²) in [6.07, 6.45) is 0. The summed E-state index contributed by atoms with van der Waals surface area (Å²) in [5.74, 6) is 1.89. The summed E-state index contributed by atoms with van der Waals surface area (Å²) in [6.45, 7) is 4.65. The van der Waals surface area contributed by atoms with Crippen molar-refractivity contribution in [2.24, 2.45) is 0 Å². The SMILES string of the molecule is CC1(C)c2ccccc2Oc2cccc(-c3ccc4c(c3)-c3ccccc3C43c4ccccc4-c4cccc5cccc3c45)c21. The number of ether oxygens (including phenoxy) is 1. The lowest BCUT2D eigenvalue weighted by Crippen LogP contribution is -2.31. The Morgan fingerprint density at radius 1 is 0.422 bits per heavy atom. The van der Waals surface area contributed by atoms with Gasteiger partial charge in [-0.15, -0.1) is 0 Å². The molecule has 45 heavy (non-hydrogen) atoms. The Labute approximate surface area is 263 Å². The van der Waals surface area contributed by atoms with E-state index in [4.69, 9.17) is 4.74 Å². The smallest absolute Gasteiger partial charge is 0.132 e. The molecule has 1 heterocycles. The first-order valence-electron chi connectivity index (χ1n) is 15.9. The van der Waals surface area contributed by atoms with Crippen LogP contribution >= 0.6 is 0 Å². The van der Waals surface area contributed by atoms with Crippen LogP contribution in [0.25, 0.3) is 44.2 Å². The summed E-state index contributed by atoms with van der Waals surface area (Å²) in [5.41, 5.74) is 15.0. The van der Waals surface area contributed by atoms with E-state index in [-0.39, 0.29) is 5.41 Å². The zero-order valence-corrected chi connectivity index (χ0v) is 25.3. The molecular formula is C44H30O. The van der Waals surface area contributed by atoms with E-state index in [1.165, 1.54) is 77.5 Å². The fourth-order valence-electron chi connectivity index (χ4n) is 8.93. The van der Waals surface area contributed by atoms with Gasteiger partial charge in [-0.2, -0.15) is 0 Å². The van der Waals surface area contributed by atoms with Gasteiger partial charge in [-0.1, -0.05) is 141 Å². The monoisotopic (exact) mass is 574 g/mol. The molecule has 0 fully saturated rings. The van der Waals surface area contributed by atoms with Gasteiger partial charge < -0.3 is 4.74 Å². The molecule has 1 spiro atoms. The van der Waals surface area contributed by atoms with Crippen LogP contribution in [0.2, 0.25) is 0 Å². The van der Waals surface area contributed by atoms with Gasteiger partial charge in [-0.25, -0.2) is 0 Å². The molecule has 3 aliphatic rings. The van der Waals surface area contributed by atoms with Crippen molar-refractivity contribution in [2.45, 2.75) is 24.7 Å². The minimum absolute atomic E-state index is 0.208. The van der Waals surface area contributed by atoms with Crippen molar-refractivity contribution in [1.82, 2.24) is 0 Å². The number of hydrogen-bond donors (Lipinski definition) is 0. The van der Waals surface area contributed by atoms with Crippen LogP contribution < -0.4 is 4.74 Å². The van der Waals surface area contributed by atoms with E-state index < -0.39 is 5.41 Å². The fourth-order valence-corrected chi connectivity index (χ4v) is 8.93. The molecule has 212 valence electrons. The Balaban J connectivity index is 1.27. The molecule has 1 aliphatic heterocycles. The maximum atomic E-state index is 6.52. The molecule has 0 radical (unpaired) electrons. The minimum Gasteiger partial charge on any atom is -0.457 e. The molecule has 0 aromatic heterocycles. The summed E-state index contributed by atoms with van der Waals surface area (Å²) in [7, 11) is 0. The van der Waals surface area contributed by atoms with E-state index >= 15 is 0 Å². The molecular weight excluding hydrogens is 544 g/mol. The van der Waals surface area contributed by atoms with Gasteiger partial charge in [0, 0.05) is 16.5 Å². The highest BCUT2D eigenvalue weighted by Gasteiger charge is 2.50. The van der Waals surface area contributed by atoms with E-state index in [1.54, 1.807) is 0 Å². The second-order valence-electron chi connectivity index (χ2n) is 13.2. The van der Waals surface area contributed by atoms with Crippen LogP contribution in [0.15, 0.2) is 146 Å². The van der Waals surface area contributed by atoms with Crippen molar-refractivity contribution in [1.29, 1.82) is 0 Å². The molecule has 7 aromatic rings. The van der Waals surface area contributed by atoms with Crippen molar-refractivity contribution in [3.8, 4) is 44.9 Å². The van der Waals surface area contributed by atoms with Crippen molar-refractivity contribution >= 4 is 10.8 Å². The maximum absolute atomic E-state index is 6.52. The van der Waals surface area contributed by atoms with Crippen LogP contribution in [0, 0.1) is 0 Å². The van der Waals surface area contributed by atoms with Gasteiger partial charge in [0.05, 0.1) is 5.41 Å². The van der Waals surface area contributed by atoms with Crippen LogP contribution in [0.1, 0.15) is 47.2 Å². The van der Waals surface area contributed by atoms with Crippen molar-refractivity contribution in [3.63, 3.8) is 0 Å². The van der Waals surface area contributed by atoms with Gasteiger partial charge in [-0.3, -0.25) is 0 Å². The van der Waals surface area contributed by atoms with Gasteiger partial charge >= 0.3 is 0 Å². The van der Waals surface area contributed by atoms with E-state index in [0.29, 0.717) is 0 Å². The summed E-state index contributed by atoms with van der Waals surface area (Å²) in [4.78, 5) is 0. The Kier molecular flexibility index (Phi) is 4.78. The molecule has 7 aromatic carbocycles. The quantitative estimate of drug-likeness (QED) is 0.189. The third kappa shape index (κ3) is 3.03. The average Bonchev–Trinajstić information content (AvgIpc) is 3.37. The molecule has 0 N–H and O–H groups in total. The highest BCUT2D eigenvalue weighted by atomic mass is 16.5. The lowest BCUT2D eigenvalue weighted by atomic mass is 9.61. The Morgan fingerprint density at radius 2 is 0.978 bits per heavy atom. The van der Waals surface area contributed by atoms with Gasteiger partial charge in [0.1, 0.15) is 11.5 Å². The van der Waals surface area contributed by atoms with Crippen LogP contribution in [-0.4, -0.2) is 0 Å². The van der Waals surface area contributed by atoms with Crippen molar-refractivity contribution in [2.75, 3.05) is 0 Å². The molecule has 1 atom stereocenters. The molecule has 0 saturated carbocycles. The standard InChI is InChI=1S/C44H30O/c1-43(2)37-20-7-8-22-39(37)45-40-23-11-16-29(42(40)43)28-24-25-36-33(26-28)31-15-4-6-19-35(31)44(36)34-18-5-3-14-30(34)32-17-9-12-27-13-10-21-38(44)41(27)32/h3-26H,1-2H3. The molecule has 2 aliphatic carbocycles. The lowest BCUT2D eigenvalue weighted by Gasteiger charge is -2.40. The number of para-hydroxylation sites is 1. The molecule has 0 saturated heterocycles. The Morgan fingerprint density at radius 3 is 1.78 bits per heavy atom. The van der Waals surface area contributed by atoms with Gasteiger partial charge in [-0.05, 0) is 84.6 Å². The first kappa shape index (κ1) is 25.0. The maximum Gasteiger partial charge on any atom is 0.132 e. The third-order valence-corrected chi connectivity index (χ3v) is 10.7. The van der Waals surface area contributed by atoms with Crippen molar-refractivity contribution in [3.05, 3.63) is 179 Å². The van der Waals surface area contributed by atoms with E-state index in [1.807, 2.05) is 0 Å². The molecule has 1 nitrogen and oxygen atoms in total. The number of hydrogen-bond acceptors (Lipinski definition) is 1. The first-order chi connectivity index (χ1) is 22.1. The van der Waals surface area contributed by atoms with E-state index in [9.17, 15) is 0 Å². The molecule has 1 unspecified atom stereocenters. The zero-order valence-electron chi connectivity index (χ0n) is 25.3. The lowest BCUT2D eigenvalue weighted by molar-refractivity contribution is 0.419. The largest absolute Gasteiger partial charge is 0.457 e.